The third kappa shape index (κ3) is 4.83. The van der Waals surface area contributed by atoms with Crippen LogP contribution in [0.1, 0.15) is 32.1 Å². The van der Waals surface area contributed by atoms with Crippen molar-refractivity contribution in [3.63, 3.8) is 0 Å². The number of fused-ring (bicyclic) bond motifs is 1. The zero-order chi connectivity index (χ0) is 14.5. The second kappa shape index (κ2) is 9.61. The predicted octanol–water partition coefficient (Wildman–Crippen LogP) is 2.00. The minimum Gasteiger partial charge on any atom is -0.346 e. The van der Waals surface area contributed by atoms with Crippen LogP contribution in [-0.2, 0) is 4.79 Å². The van der Waals surface area contributed by atoms with Crippen molar-refractivity contribution >= 4 is 36.4 Å². The van der Waals surface area contributed by atoms with E-state index in [1.165, 1.54) is 0 Å². The Hall–Kier alpha value is -1.37. The molecule has 2 aromatic heterocycles. The molecule has 0 saturated heterocycles. The third-order valence-electron chi connectivity index (χ3n) is 3.20. The van der Waals surface area contributed by atoms with Gasteiger partial charge >= 0.3 is 0 Å². The molecule has 0 spiro atoms. The Morgan fingerprint density at radius 2 is 2.00 bits per heavy atom. The molecule has 0 aromatic carbocycles. The molecule has 2 rings (SSSR count). The Bertz CT molecular complexity index is 587. The molecule has 0 aliphatic carbocycles. The van der Waals surface area contributed by atoms with Crippen LogP contribution in [0, 0.1) is 5.92 Å². The smallest absolute Gasteiger partial charge is 0.221 e. The number of carbonyl (C=O) groups excluding carboxylic acids is 1. The van der Waals surface area contributed by atoms with Crippen LogP contribution < -0.4 is 10.6 Å². The lowest BCUT2D eigenvalue weighted by Gasteiger charge is -2.20. The topological polar surface area (TPSA) is 71.3 Å². The second-order valence-corrected chi connectivity index (χ2v) is 5.13. The van der Waals surface area contributed by atoms with E-state index in [0.717, 1.165) is 11.5 Å². The first-order valence-electron chi connectivity index (χ1n) is 6.87. The molecule has 124 valence electrons. The summed E-state index contributed by atoms with van der Waals surface area (Å²) in [5, 5.41) is 14.4. The van der Waals surface area contributed by atoms with E-state index < -0.39 is 0 Å². The van der Waals surface area contributed by atoms with Crippen LogP contribution in [-0.4, -0.2) is 34.1 Å². The van der Waals surface area contributed by atoms with Crippen LogP contribution in [0.25, 0.3) is 5.65 Å². The Morgan fingerprint density at radius 3 is 2.64 bits per heavy atom. The Kier molecular flexibility index (Phi) is 9.01. The highest BCUT2D eigenvalue weighted by atomic mass is 35.5. The molecule has 22 heavy (non-hydrogen) atoms. The van der Waals surface area contributed by atoms with Crippen molar-refractivity contribution in [2.24, 2.45) is 5.92 Å². The van der Waals surface area contributed by atoms with Crippen molar-refractivity contribution in [3.05, 3.63) is 30.2 Å². The van der Waals surface area contributed by atoms with Crippen LogP contribution in [0.5, 0.6) is 0 Å². The van der Waals surface area contributed by atoms with Crippen molar-refractivity contribution in [2.75, 3.05) is 13.6 Å². The molecule has 1 atom stereocenters. The van der Waals surface area contributed by atoms with Crippen molar-refractivity contribution < 1.29 is 4.79 Å². The summed E-state index contributed by atoms with van der Waals surface area (Å²) in [6, 6.07) is 5.61. The fraction of sp³-hybridized carbons (Fsp3) is 0.500. The number of nitrogens with zero attached hydrogens (tertiary/aromatic N) is 3. The number of aromatic nitrogens is 3. The number of hydrogen-bond donors (Lipinski definition) is 2. The number of nitrogens with one attached hydrogen (secondary N) is 2. The number of halogens is 2. The average molecular weight is 348 g/mol. The van der Waals surface area contributed by atoms with Gasteiger partial charge in [0.15, 0.2) is 11.5 Å². The molecule has 1 amide bonds. The number of pyridine rings is 1. The highest BCUT2D eigenvalue weighted by molar-refractivity contribution is 5.85. The highest BCUT2D eigenvalue weighted by Crippen LogP contribution is 2.20. The molecule has 6 nitrogen and oxygen atoms in total. The van der Waals surface area contributed by atoms with E-state index in [9.17, 15) is 4.79 Å². The van der Waals surface area contributed by atoms with Gasteiger partial charge in [0.1, 0.15) is 0 Å². The summed E-state index contributed by atoms with van der Waals surface area (Å²) in [5.74, 6) is 1.03. The molecule has 0 aliphatic rings. The highest BCUT2D eigenvalue weighted by Gasteiger charge is 2.23. The summed E-state index contributed by atoms with van der Waals surface area (Å²) < 4.78 is 1.92. The minimum atomic E-state index is -0.142. The summed E-state index contributed by atoms with van der Waals surface area (Å²) in [6.07, 6.45) is 2.37. The lowest BCUT2D eigenvalue weighted by atomic mass is 10.0. The summed E-state index contributed by atoms with van der Waals surface area (Å²) in [6.45, 7) is 4.79. The van der Waals surface area contributed by atoms with Gasteiger partial charge in [0.05, 0.1) is 6.04 Å². The molecular formula is C14H23Cl2N5O. The quantitative estimate of drug-likeness (QED) is 0.838. The van der Waals surface area contributed by atoms with Gasteiger partial charge < -0.3 is 10.6 Å². The first-order valence-corrected chi connectivity index (χ1v) is 6.87. The maximum atomic E-state index is 11.9. The van der Waals surface area contributed by atoms with Crippen molar-refractivity contribution in [2.45, 2.75) is 26.3 Å². The van der Waals surface area contributed by atoms with Gasteiger partial charge in [-0.2, -0.15) is 0 Å². The molecule has 0 fully saturated rings. The zero-order valence-electron chi connectivity index (χ0n) is 12.9. The van der Waals surface area contributed by atoms with E-state index in [2.05, 4.69) is 34.7 Å². The predicted molar refractivity (Wildman–Crippen MR) is 91.7 cm³/mol. The molecule has 2 aromatic rings. The fourth-order valence-electron chi connectivity index (χ4n) is 2.09. The molecular weight excluding hydrogens is 325 g/mol. The van der Waals surface area contributed by atoms with E-state index in [0.29, 0.717) is 13.0 Å². The van der Waals surface area contributed by atoms with E-state index in [1.807, 2.05) is 35.8 Å². The lowest BCUT2D eigenvalue weighted by Crippen LogP contribution is -2.34. The first kappa shape index (κ1) is 20.6. The first-order chi connectivity index (χ1) is 9.63. The van der Waals surface area contributed by atoms with Crippen molar-refractivity contribution in [3.8, 4) is 0 Å². The fourth-order valence-corrected chi connectivity index (χ4v) is 2.09. The summed E-state index contributed by atoms with van der Waals surface area (Å²) >= 11 is 0. The summed E-state index contributed by atoms with van der Waals surface area (Å²) in [7, 11) is 1.83. The normalized spacial score (nSPS) is 11.6. The maximum Gasteiger partial charge on any atom is 0.221 e. The zero-order valence-corrected chi connectivity index (χ0v) is 14.6. The molecule has 0 aliphatic heterocycles. The van der Waals surface area contributed by atoms with E-state index >= 15 is 0 Å². The van der Waals surface area contributed by atoms with Crippen LogP contribution in [0.2, 0.25) is 0 Å². The van der Waals surface area contributed by atoms with Crippen molar-refractivity contribution in [1.29, 1.82) is 0 Å². The number of carbonyl (C=O) groups is 1. The van der Waals surface area contributed by atoms with E-state index in [1.54, 1.807) is 0 Å². The van der Waals surface area contributed by atoms with Gasteiger partial charge in [0.25, 0.3) is 0 Å². The van der Waals surface area contributed by atoms with E-state index in [-0.39, 0.29) is 42.7 Å². The Labute approximate surface area is 142 Å². The average Bonchev–Trinajstić information content (AvgIpc) is 2.86. The lowest BCUT2D eigenvalue weighted by molar-refractivity contribution is -0.122. The largest absolute Gasteiger partial charge is 0.346 e. The molecule has 0 radical (unpaired) electrons. The summed E-state index contributed by atoms with van der Waals surface area (Å²) in [4.78, 5) is 11.9. The van der Waals surface area contributed by atoms with Gasteiger partial charge in [0, 0.05) is 19.2 Å². The molecule has 8 heteroatoms. The van der Waals surface area contributed by atoms with Gasteiger partial charge in [-0.1, -0.05) is 19.9 Å². The van der Waals surface area contributed by atoms with Crippen LogP contribution in [0.3, 0.4) is 0 Å². The van der Waals surface area contributed by atoms with Gasteiger partial charge in [-0.3, -0.25) is 9.20 Å². The molecule has 2 N–H and O–H groups in total. The van der Waals surface area contributed by atoms with E-state index in [4.69, 9.17) is 0 Å². The third-order valence-corrected chi connectivity index (χ3v) is 3.20. The number of amides is 1. The molecule has 1 unspecified atom stereocenters. The van der Waals surface area contributed by atoms with Crippen LogP contribution >= 0.6 is 24.8 Å². The van der Waals surface area contributed by atoms with Crippen LogP contribution in [0.15, 0.2) is 24.4 Å². The minimum absolute atomic E-state index is 0. The Morgan fingerprint density at radius 1 is 1.27 bits per heavy atom. The summed E-state index contributed by atoms with van der Waals surface area (Å²) in [5.41, 5.74) is 0.789. The monoisotopic (exact) mass is 347 g/mol. The molecule has 0 saturated carbocycles. The Balaban J connectivity index is 0.00000220. The maximum absolute atomic E-state index is 11.9. The number of hydrogen-bond acceptors (Lipinski definition) is 4. The van der Waals surface area contributed by atoms with Gasteiger partial charge in [0.2, 0.25) is 5.91 Å². The van der Waals surface area contributed by atoms with Gasteiger partial charge in [-0.15, -0.1) is 35.0 Å². The van der Waals surface area contributed by atoms with Crippen LogP contribution in [0.4, 0.5) is 0 Å². The van der Waals surface area contributed by atoms with Crippen molar-refractivity contribution in [1.82, 2.24) is 25.2 Å². The van der Waals surface area contributed by atoms with Gasteiger partial charge in [-0.05, 0) is 25.1 Å². The standard InChI is InChI=1S/C14H21N5O.2ClH/c1-10(2)13(16-12(20)7-8-15-3)14-18-17-11-6-4-5-9-19(11)14;;/h4-6,9-10,13,15H,7-8H2,1-3H3,(H,16,20);2*1H. The second-order valence-electron chi connectivity index (χ2n) is 5.13. The number of rotatable bonds is 6. The molecule has 2 heterocycles. The van der Waals surface area contributed by atoms with Gasteiger partial charge in [-0.25, -0.2) is 0 Å². The molecule has 0 bridgehead atoms. The SMILES string of the molecule is CNCCC(=O)NC(c1nnc2ccccn12)C(C)C.Cl.Cl.